The number of allylic oxidation sites excluding steroid dienone is 4. The van der Waals surface area contributed by atoms with Gasteiger partial charge in [-0.1, -0.05) is 0 Å². The molecule has 0 fully saturated rings. The third-order valence-corrected chi connectivity index (χ3v) is 9.29. The molecule has 3 aromatic carbocycles. The van der Waals surface area contributed by atoms with Crippen LogP contribution in [0.1, 0.15) is 36.8 Å². The van der Waals surface area contributed by atoms with Crippen LogP contribution >= 0.6 is 0 Å². The van der Waals surface area contributed by atoms with Crippen molar-refractivity contribution in [3.05, 3.63) is 94.1 Å². The van der Waals surface area contributed by atoms with Crippen LogP contribution in [0.15, 0.2) is 84.0 Å². The molecule has 0 bridgehead atoms. The van der Waals surface area contributed by atoms with Crippen molar-refractivity contribution < 1.29 is 28.5 Å². The zero-order chi connectivity index (χ0) is 23.9. The molecule has 1 aromatic heterocycles. The fourth-order valence-corrected chi connectivity index (χ4v) is 7.62. The fourth-order valence-electron chi connectivity index (χ4n) is 4.97. The standard InChI is InChI=1S/C31H33N2Se.HI/c1-31(2)20-23(11-10-22-12-15-26(16-13-22)32(3)4)18-24(21-31)19-29-33(5)28-17-14-25-8-6-7-9-27(25)30(28)34-29;/h6-19H,20-21H2,1-5H3;1H/q+1;/p-1. The van der Waals surface area contributed by atoms with Crippen molar-refractivity contribution in [1.29, 1.82) is 0 Å². The summed E-state index contributed by atoms with van der Waals surface area (Å²) in [5, 5.41) is 2.75. The van der Waals surface area contributed by atoms with Gasteiger partial charge in [-0.2, -0.15) is 0 Å². The van der Waals surface area contributed by atoms with Gasteiger partial charge in [0, 0.05) is 14.1 Å². The Labute approximate surface area is 232 Å². The van der Waals surface area contributed by atoms with Crippen molar-refractivity contribution in [1.82, 2.24) is 0 Å². The molecule has 0 saturated carbocycles. The van der Waals surface area contributed by atoms with E-state index in [0.717, 1.165) is 12.8 Å². The Bertz CT molecular complexity index is 1450. The van der Waals surface area contributed by atoms with Crippen molar-refractivity contribution in [2.24, 2.45) is 12.5 Å². The number of aryl methyl sites for hydroxylation is 1. The van der Waals surface area contributed by atoms with Crippen LogP contribution in [0.4, 0.5) is 5.69 Å². The van der Waals surface area contributed by atoms with Crippen LogP contribution in [0.25, 0.3) is 32.7 Å². The SMILES string of the molecule is CN(C)c1ccc(C=CC2=CC(=Cc3[se]c4c5ccccc5ccc4[n+]3C)CC(C)(C)C2)cc1.[I-]. The van der Waals surface area contributed by atoms with Crippen LogP contribution in [0.2, 0.25) is 0 Å². The van der Waals surface area contributed by atoms with E-state index < -0.39 is 0 Å². The maximum Gasteiger partial charge on any atom is -1.00 e. The predicted octanol–water partition coefficient (Wildman–Crippen LogP) is 3.79. The summed E-state index contributed by atoms with van der Waals surface area (Å²) >= 11 is 0.317. The summed E-state index contributed by atoms with van der Waals surface area (Å²) in [5.74, 6) is 0. The van der Waals surface area contributed by atoms with Gasteiger partial charge in [0.25, 0.3) is 0 Å². The van der Waals surface area contributed by atoms with Crippen LogP contribution < -0.4 is 33.4 Å². The molecule has 1 aliphatic carbocycles. The minimum atomic E-state index is 0. The largest absolute Gasteiger partial charge is 1.00 e. The molecule has 0 saturated heterocycles. The molecule has 0 radical (unpaired) electrons. The first-order valence-corrected chi connectivity index (χ1v) is 13.7. The third-order valence-electron chi connectivity index (χ3n) is 6.70. The van der Waals surface area contributed by atoms with Gasteiger partial charge in [-0.05, 0) is 0 Å². The number of hydrogen-bond donors (Lipinski definition) is 0. The number of rotatable bonds is 4. The van der Waals surface area contributed by atoms with E-state index in [9.17, 15) is 0 Å². The van der Waals surface area contributed by atoms with Crippen LogP contribution in [0, 0.1) is 5.41 Å². The van der Waals surface area contributed by atoms with Gasteiger partial charge in [-0.3, -0.25) is 0 Å². The minimum absolute atomic E-state index is 0. The fraction of sp³-hybridized carbons (Fsp3) is 0.258. The Morgan fingerprint density at radius 2 is 1.66 bits per heavy atom. The van der Waals surface area contributed by atoms with Gasteiger partial charge >= 0.3 is 196 Å². The summed E-state index contributed by atoms with van der Waals surface area (Å²) in [7, 11) is 6.38. The zero-order valence-corrected chi connectivity index (χ0v) is 25.0. The smallest absolute Gasteiger partial charge is 1.00 e. The normalized spacial score (nSPS) is 16.6. The first-order valence-electron chi connectivity index (χ1n) is 12.0. The average Bonchev–Trinajstić information content (AvgIpc) is 3.12. The summed E-state index contributed by atoms with van der Waals surface area (Å²) in [6.45, 7) is 4.79. The third kappa shape index (κ3) is 5.66. The first kappa shape index (κ1) is 25.9. The van der Waals surface area contributed by atoms with E-state index in [1.165, 1.54) is 47.5 Å². The molecular formula is C31H33IN2Se. The zero-order valence-electron chi connectivity index (χ0n) is 21.2. The van der Waals surface area contributed by atoms with Gasteiger partial charge in [0.15, 0.2) is 0 Å². The summed E-state index contributed by atoms with van der Waals surface area (Å²) in [6.07, 6.45) is 11.7. The van der Waals surface area contributed by atoms with Crippen LogP contribution in [-0.4, -0.2) is 28.6 Å². The van der Waals surface area contributed by atoms with Gasteiger partial charge in [-0.25, -0.2) is 0 Å². The molecular weight excluding hydrogens is 606 g/mol. The first-order chi connectivity index (χ1) is 16.3. The van der Waals surface area contributed by atoms with E-state index in [-0.39, 0.29) is 29.4 Å². The molecule has 2 nitrogen and oxygen atoms in total. The Hall–Kier alpha value is -2.14. The van der Waals surface area contributed by atoms with Crippen molar-refractivity contribution in [2.45, 2.75) is 26.7 Å². The maximum atomic E-state index is 2.47. The summed E-state index contributed by atoms with van der Waals surface area (Å²) < 4.78 is 5.37. The summed E-state index contributed by atoms with van der Waals surface area (Å²) in [4.78, 5) is 2.14. The number of hydrogen-bond acceptors (Lipinski definition) is 1. The van der Waals surface area contributed by atoms with Crippen molar-refractivity contribution in [3.8, 4) is 0 Å². The Kier molecular flexibility index (Phi) is 7.75. The molecule has 1 aliphatic rings. The van der Waals surface area contributed by atoms with Gasteiger partial charge < -0.3 is 24.0 Å². The van der Waals surface area contributed by atoms with E-state index in [2.05, 4.69) is 129 Å². The predicted molar refractivity (Wildman–Crippen MR) is 148 cm³/mol. The van der Waals surface area contributed by atoms with Crippen LogP contribution in [0.5, 0.6) is 0 Å². The molecule has 5 rings (SSSR count). The number of halogens is 1. The van der Waals surface area contributed by atoms with E-state index in [4.69, 9.17) is 0 Å². The number of aromatic nitrogens is 1. The van der Waals surface area contributed by atoms with E-state index in [1.54, 1.807) is 0 Å². The van der Waals surface area contributed by atoms with Crippen molar-refractivity contribution in [2.75, 3.05) is 19.0 Å². The molecule has 0 unspecified atom stereocenters. The molecule has 0 N–H and O–H groups in total. The number of anilines is 1. The Morgan fingerprint density at radius 1 is 0.914 bits per heavy atom. The van der Waals surface area contributed by atoms with Crippen molar-refractivity contribution in [3.63, 3.8) is 0 Å². The van der Waals surface area contributed by atoms with Gasteiger partial charge in [0.05, 0.1) is 0 Å². The van der Waals surface area contributed by atoms with Crippen LogP contribution in [0.3, 0.4) is 0 Å². The monoisotopic (exact) mass is 640 g/mol. The molecule has 4 aromatic rings. The number of nitrogens with zero attached hydrogens (tertiary/aromatic N) is 2. The summed E-state index contributed by atoms with van der Waals surface area (Å²) in [6, 6.07) is 22.1. The molecule has 0 spiro atoms. The van der Waals surface area contributed by atoms with Gasteiger partial charge in [-0.15, -0.1) is 0 Å². The van der Waals surface area contributed by atoms with Crippen molar-refractivity contribution >= 4 is 52.9 Å². The molecule has 180 valence electrons. The Balaban J connectivity index is 0.00000289. The number of benzene rings is 3. The topological polar surface area (TPSA) is 7.12 Å². The quantitative estimate of drug-likeness (QED) is 0.188. The minimum Gasteiger partial charge on any atom is -1.00 e. The van der Waals surface area contributed by atoms with Crippen LogP contribution in [-0.2, 0) is 7.05 Å². The van der Waals surface area contributed by atoms with E-state index in [0.29, 0.717) is 14.5 Å². The molecule has 0 aliphatic heterocycles. The van der Waals surface area contributed by atoms with Gasteiger partial charge in [0.2, 0.25) is 0 Å². The van der Waals surface area contributed by atoms with Gasteiger partial charge in [0.1, 0.15) is 0 Å². The second-order valence-electron chi connectivity index (χ2n) is 10.4. The second kappa shape index (κ2) is 10.5. The second-order valence-corrected chi connectivity index (χ2v) is 12.6. The summed E-state index contributed by atoms with van der Waals surface area (Å²) in [5.41, 5.74) is 6.96. The molecule has 0 amide bonds. The Morgan fingerprint density at radius 3 is 2.40 bits per heavy atom. The van der Waals surface area contributed by atoms with E-state index in [1.807, 2.05) is 0 Å². The molecule has 0 atom stereocenters. The molecule has 35 heavy (non-hydrogen) atoms. The van der Waals surface area contributed by atoms with E-state index >= 15 is 0 Å². The average molecular weight is 639 g/mol. The molecule has 4 heteroatoms. The number of fused-ring (bicyclic) bond motifs is 3. The molecule has 1 heterocycles. The maximum absolute atomic E-state index is 2.47.